The summed E-state index contributed by atoms with van der Waals surface area (Å²) >= 11 is 0. The molecule has 0 spiro atoms. The molecule has 2 heteroatoms. The number of ketones is 1. The quantitative estimate of drug-likeness (QED) is 0.628. The number of ether oxygens (including phenoxy) is 1. The van der Waals surface area contributed by atoms with Crippen LogP contribution in [-0.2, 0) is 9.53 Å². The summed E-state index contributed by atoms with van der Waals surface area (Å²) in [5.41, 5.74) is 1.10. The van der Waals surface area contributed by atoms with E-state index in [0.29, 0.717) is 6.42 Å². The zero-order chi connectivity index (χ0) is 8.39. The summed E-state index contributed by atoms with van der Waals surface area (Å²) in [6, 6.07) is 9.86. The van der Waals surface area contributed by atoms with Gasteiger partial charge in [0.15, 0.2) is 5.78 Å². The minimum absolute atomic E-state index is 0.00120. The number of carbonyl (C=O) groups excluding carboxylic acids is 1. The lowest BCUT2D eigenvalue weighted by atomic mass is 10.1. The maximum absolute atomic E-state index is 10.9. The molecule has 0 bridgehead atoms. The van der Waals surface area contributed by atoms with Crippen molar-refractivity contribution in [3.63, 3.8) is 0 Å². The molecule has 62 valence electrons. The van der Waals surface area contributed by atoms with Crippen LogP contribution in [0.25, 0.3) is 0 Å². The lowest BCUT2D eigenvalue weighted by molar-refractivity contribution is -0.117. The zero-order valence-electron chi connectivity index (χ0n) is 6.69. The highest BCUT2D eigenvalue weighted by atomic mass is 16.5. The van der Waals surface area contributed by atoms with Crippen LogP contribution in [0.1, 0.15) is 18.1 Å². The third-order valence-corrected chi connectivity index (χ3v) is 2.03. The van der Waals surface area contributed by atoms with E-state index in [0.717, 1.165) is 5.56 Å². The fourth-order valence-corrected chi connectivity index (χ4v) is 1.40. The van der Waals surface area contributed by atoms with Gasteiger partial charge in [0.1, 0.15) is 6.61 Å². The van der Waals surface area contributed by atoms with E-state index in [9.17, 15) is 4.79 Å². The Labute approximate surface area is 71.2 Å². The van der Waals surface area contributed by atoms with Gasteiger partial charge in [-0.05, 0) is 5.56 Å². The van der Waals surface area contributed by atoms with E-state index in [1.165, 1.54) is 0 Å². The van der Waals surface area contributed by atoms with Gasteiger partial charge < -0.3 is 4.74 Å². The van der Waals surface area contributed by atoms with Crippen LogP contribution in [0.15, 0.2) is 30.3 Å². The van der Waals surface area contributed by atoms with E-state index in [4.69, 9.17) is 4.74 Å². The van der Waals surface area contributed by atoms with Crippen LogP contribution in [0.3, 0.4) is 0 Å². The van der Waals surface area contributed by atoms with Crippen molar-refractivity contribution in [2.75, 3.05) is 6.61 Å². The lowest BCUT2D eigenvalue weighted by Gasteiger charge is -2.06. The molecule has 1 atom stereocenters. The van der Waals surface area contributed by atoms with Crippen LogP contribution >= 0.6 is 0 Å². The molecule has 1 unspecified atom stereocenters. The monoisotopic (exact) mass is 162 g/mol. The molecule has 0 aliphatic carbocycles. The summed E-state index contributed by atoms with van der Waals surface area (Å²) in [5, 5.41) is 0. The van der Waals surface area contributed by atoms with E-state index in [1.54, 1.807) is 0 Å². The van der Waals surface area contributed by atoms with Crippen LogP contribution in [0.4, 0.5) is 0 Å². The van der Waals surface area contributed by atoms with Gasteiger partial charge >= 0.3 is 0 Å². The molecule has 1 fully saturated rings. The fraction of sp³-hybridized carbons (Fsp3) is 0.300. The Morgan fingerprint density at radius 1 is 1.25 bits per heavy atom. The summed E-state index contributed by atoms with van der Waals surface area (Å²) in [7, 11) is 0. The molecular weight excluding hydrogens is 152 g/mol. The van der Waals surface area contributed by atoms with Crippen molar-refractivity contribution in [1.29, 1.82) is 0 Å². The van der Waals surface area contributed by atoms with Crippen molar-refractivity contribution in [2.45, 2.75) is 12.5 Å². The predicted molar refractivity (Wildman–Crippen MR) is 44.8 cm³/mol. The molecule has 0 radical (unpaired) electrons. The first-order chi connectivity index (χ1) is 5.86. The molecule has 0 N–H and O–H groups in total. The molecule has 12 heavy (non-hydrogen) atoms. The molecule has 1 saturated heterocycles. The smallest absolute Gasteiger partial charge is 0.161 e. The average Bonchev–Trinajstić information content (AvgIpc) is 2.54. The van der Waals surface area contributed by atoms with E-state index in [2.05, 4.69) is 0 Å². The SMILES string of the molecule is O=C1COC(c2ccccc2)C1. The molecule has 0 aromatic heterocycles. The molecule has 1 aliphatic heterocycles. The number of hydrogen-bond acceptors (Lipinski definition) is 2. The van der Waals surface area contributed by atoms with E-state index >= 15 is 0 Å². The number of hydrogen-bond donors (Lipinski definition) is 0. The summed E-state index contributed by atoms with van der Waals surface area (Å²) in [6.07, 6.45) is 0.531. The summed E-state index contributed by atoms with van der Waals surface area (Å²) in [4.78, 5) is 10.9. The highest BCUT2D eigenvalue weighted by Crippen LogP contribution is 2.25. The Kier molecular flexibility index (Phi) is 1.92. The zero-order valence-corrected chi connectivity index (χ0v) is 6.69. The molecular formula is C10H10O2. The highest BCUT2D eigenvalue weighted by Gasteiger charge is 2.23. The molecule has 2 nitrogen and oxygen atoms in total. The van der Waals surface area contributed by atoms with Gasteiger partial charge in [-0.3, -0.25) is 4.79 Å². The first-order valence-electron chi connectivity index (χ1n) is 4.04. The third-order valence-electron chi connectivity index (χ3n) is 2.03. The van der Waals surface area contributed by atoms with Crippen LogP contribution < -0.4 is 0 Å². The van der Waals surface area contributed by atoms with Gasteiger partial charge in [-0.1, -0.05) is 30.3 Å². The van der Waals surface area contributed by atoms with E-state index < -0.39 is 0 Å². The fourth-order valence-electron chi connectivity index (χ4n) is 1.40. The topological polar surface area (TPSA) is 26.3 Å². The summed E-state index contributed by atoms with van der Waals surface area (Å²) in [5.74, 6) is 0.198. The molecule has 1 aromatic rings. The number of carbonyl (C=O) groups is 1. The molecule has 1 aromatic carbocycles. The first kappa shape index (κ1) is 7.50. The molecule has 0 amide bonds. The van der Waals surface area contributed by atoms with Crippen LogP contribution in [0.5, 0.6) is 0 Å². The maximum atomic E-state index is 10.9. The largest absolute Gasteiger partial charge is 0.365 e. The molecule has 1 heterocycles. The van der Waals surface area contributed by atoms with E-state index in [-0.39, 0.29) is 18.5 Å². The Bertz CT molecular complexity index is 279. The Morgan fingerprint density at radius 2 is 2.00 bits per heavy atom. The summed E-state index contributed by atoms with van der Waals surface area (Å²) in [6.45, 7) is 0.277. The van der Waals surface area contributed by atoms with Crippen molar-refractivity contribution < 1.29 is 9.53 Å². The van der Waals surface area contributed by atoms with Crippen LogP contribution in [0, 0.1) is 0 Å². The molecule has 1 aliphatic rings. The van der Waals surface area contributed by atoms with Gasteiger partial charge in [0, 0.05) is 6.42 Å². The van der Waals surface area contributed by atoms with Gasteiger partial charge in [-0.15, -0.1) is 0 Å². The number of benzene rings is 1. The standard InChI is InChI=1S/C10H10O2/c11-9-6-10(12-7-9)8-4-2-1-3-5-8/h1-5,10H,6-7H2. The second-order valence-corrected chi connectivity index (χ2v) is 2.95. The second kappa shape index (κ2) is 3.07. The average molecular weight is 162 g/mol. The number of Topliss-reactive ketones (excluding diaryl/α,β-unsaturated/α-hetero) is 1. The minimum atomic E-state index is -0.00120. The van der Waals surface area contributed by atoms with Crippen molar-refractivity contribution >= 4 is 5.78 Å². The van der Waals surface area contributed by atoms with Gasteiger partial charge in [0.2, 0.25) is 0 Å². The Hall–Kier alpha value is -1.15. The van der Waals surface area contributed by atoms with E-state index in [1.807, 2.05) is 30.3 Å². The van der Waals surface area contributed by atoms with Crippen LogP contribution in [0.2, 0.25) is 0 Å². The van der Waals surface area contributed by atoms with Crippen molar-refractivity contribution in [1.82, 2.24) is 0 Å². The Morgan fingerprint density at radius 3 is 2.58 bits per heavy atom. The first-order valence-corrected chi connectivity index (χ1v) is 4.04. The highest BCUT2D eigenvalue weighted by molar-refractivity contribution is 5.82. The predicted octanol–water partition coefficient (Wildman–Crippen LogP) is 1.72. The van der Waals surface area contributed by atoms with Gasteiger partial charge in [0.05, 0.1) is 6.10 Å². The second-order valence-electron chi connectivity index (χ2n) is 2.95. The van der Waals surface area contributed by atoms with Crippen LogP contribution in [-0.4, -0.2) is 12.4 Å². The van der Waals surface area contributed by atoms with Gasteiger partial charge in [-0.25, -0.2) is 0 Å². The van der Waals surface area contributed by atoms with Crippen molar-refractivity contribution in [2.24, 2.45) is 0 Å². The van der Waals surface area contributed by atoms with Gasteiger partial charge in [-0.2, -0.15) is 0 Å². The minimum Gasteiger partial charge on any atom is -0.365 e. The third kappa shape index (κ3) is 1.38. The Balaban J connectivity index is 2.16. The summed E-state index contributed by atoms with van der Waals surface area (Å²) < 4.78 is 5.30. The number of rotatable bonds is 1. The van der Waals surface area contributed by atoms with Gasteiger partial charge in [0.25, 0.3) is 0 Å². The normalized spacial score (nSPS) is 23.0. The van der Waals surface area contributed by atoms with Crippen molar-refractivity contribution in [3.8, 4) is 0 Å². The molecule has 2 rings (SSSR count). The van der Waals surface area contributed by atoms with Crippen molar-refractivity contribution in [3.05, 3.63) is 35.9 Å². The molecule has 0 saturated carbocycles. The lowest BCUT2D eigenvalue weighted by Crippen LogP contribution is -1.94. The maximum Gasteiger partial charge on any atom is 0.161 e.